The largest absolute Gasteiger partial charge is 0.468 e. The zero-order valence-electron chi connectivity index (χ0n) is 11.2. The number of methoxy groups -OCH3 is 1. The fraction of sp³-hybridized carbons (Fsp3) is 0.923. The molecule has 1 aliphatic heterocycles. The summed E-state index contributed by atoms with van der Waals surface area (Å²) in [6.45, 7) is 4.00. The van der Waals surface area contributed by atoms with E-state index in [4.69, 9.17) is 14.2 Å². The first-order chi connectivity index (χ1) is 8.64. The molecule has 0 radical (unpaired) electrons. The van der Waals surface area contributed by atoms with Gasteiger partial charge in [0.1, 0.15) is 11.6 Å². The van der Waals surface area contributed by atoms with Crippen LogP contribution in [0.15, 0.2) is 0 Å². The van der Waals surface area contributed by atoms with Crippen molar-refractivity contribution in [2.75, 3.05) is 26.9 Å². The van der Waals surface area contributed by atoms with Crippen molar-refractivity contribution in [3.63, 3.8) is 0 Å². The molecule has 1 atom stereocenters. The molecule has 1 N–H and O–H groups in total. The molecule has 0 aromatic rings. The smallest absolute Gasteiger partial charge is 0.325 e. The van der Waals surface area contributed by atoms with E-state index < -0.39 is 5.54 Å². The Morgan fingerprint density at radius 3 is 2.67 bits per heavy atom. The maximum Gasteiger partial charge on any atom is 0.325 e. The fourth-order valence-corrected chi connectivity index (χ4v) is 2.12. The van der Waals surface area contributed by atoms with Crippen LogP contribution >= 0.6 is 0 Å². The van der Waals surface area contributed by atoms with E-state index in [0.29, 0.717) is 25.9 Å². The van der Waals surface area contributed by atoms with Crippen LogP contribution in [-0.4, -0.2) is 50.6 Å². The minimum Gasteiger partial charge on any atom is -0.468 e. The van der Waals surface area contributed by atoms with Gasteiger partial charge in [-0.25, -0.2) is 0 Å². The van der Waals surface area contributed by atoms with Crippen molar-refractivity contribution in [2.24, 2.45) is 0 Å². The monoisotopic (exact) mass is 257 g/mol. The van der Waals surface area contributed by atoms with Crippen LogP contribution in [0.2, 0.25) is 0 Å². The zero-order chi connectivity index (χ0) is 13.0. The van der Waals surface area contributed by atoms with Gasteiger partial charge < -0.3 is 14.2 Å². The Kier molecular flexibility index (Phi) is 4.59. The molecule has 1 saturated carbocycles. The third-order valence-electron chi connectivity index (χ3n) is 3.52. The first-order valence-electron chi connectivity index (χ1n) is 6.69. The van der Waals surface area contributed by atoms with E-state index in [1.54, 1.807) is 0 Å². The van der Waals surface area contributed by atoms with Crippen LogP contribution < -0.4 is 5.32 Å². The molecular weight excluding hydrogens is 234 g/mol. The summed E-state index contributed by atoms with van der Waals surface area (Å²) in [4.78, 5) is 11.8. The van der Waals surface area contributed by atoms with Crippen LogP contribution in [0.25, 0.3) is 0 Å². The van der Waals surface area contributed by atoms with Crippen molar-refractivity contribution >= 4 is 5.97 Å². The summed E-state index contributed by atoms with van der Waals surface area (Å²) in [5.41, 5.74) is -0.574. The third-order valence-corrected chi connectivity index (χ3v) is 3.52. The van der Waals surface area contributed by atoms with Crippen LogP contribution in [0, 0.1) is 0 Å². The van der Waals surface area contributed by atoms with Gasteiger partial charge in [-0.1, -0.05) is 0 Å². The summed E-state index contributed by atoms with van der Waals surface area (Å²) in [5, 5.41) is 3.38. The van der Waals surface area contributed by atoms with Gasteiger partial charge in [-0.15, -0.1) is 0 Å². The molecule has 1 aliphatic carbocycles. The van der Waals surface area contributed by atoms with Gasteiger partial charge in [0, 0.05) is 12.6 Å². The quantitative estimate of drug-likeness (QED) is 0.516. The highest BCUT2D eigenvalue weighted by Crippen LogP contribution is 2.25. The van der Waals surface area contributed by atoms with Gasteiger partial charge in [-0.3, -0.25) is 10.1 Å². The van der Waals surface area contributed by atoms with E-state index in [0.717, 1.165) is 25.7 Å². The second-order valence-electron chi connectivity index (χ2n) is 5.38. The van der Waals surface area contributed by atoms with Crippen molar-refractivity contribution in [1.29, 1.82) is 0 Å². The minimum atomic E-state index is -0.574. The Labute approximate surface area is 108 Å². The maximum absolute atomic E-state index is 11.8. The molecule has 0 spiro atoms. The molecule has 2 rings (SSSR count). The average molecular weight is 257 g/mol. The van der Waals surface area contributed by atoms with Crippen LogP contribution in [0.4, 0.5) is 0 Å². The number of rotatable bonds is 8. The lowest BCUT2D eigenvalue weighted by Gasteiger charge is -2.29. The number of hydrogen-bond acceptors (Lipinski definition) is 5. The van der Waals surface area contributed by atoms with E-state index in [-0.39, 0.29) is 12.1 Å². The lowest BCUT2D eigenvalue weighted by atomic mass is 9.95. The molecule has 2 fully saturated rings. The van der Waals surface area contributed by atoms with E-state index >= 15 is 0 Å². The molecule has 2 aliphatic rings. The second kappa shape index (κ2) is 5.99. The number of esters is 1. The van der Waals surface area contributed by atoms with Crippen LogP contribution in [0.3, 0.4) is 0 Å². The Hall–Kier alpha value is -0.650. The van der Waals surface area contributed by atoms with E-state index in [1.165, 1.54) is 7.11 Å². The summed E-state index contributed by atoms with van der Waals surface area (Å²) in [6.07, 6.45) is 4.15. The normalized spacial score (nSPS) is 23.2. The first-order valence-corrected chi connectivity index (χ1v) is 6.69. The van der Waals surface area contributed by atoms with Crippen LogP contribution in [-0.2, 0) is 19.0 Å². The van der Waals surface area contributed by atoms with Crippen molar-refractivity contribution in [1.82, 2.24) is 5.32 Å². The highest BCUT2D eigenvalue weighted by atomic mass is 16.6. The summed E-state index contributed by atoms with van der Waals surface area (Å²) in [5.74, 6) is -0.179. The third kappa shape index (κ3) is 3.67. The molecule has 0 aromatic carbocycles. The first kappa shape index (κ1) is 13.8. The van der Waals surface area contributed by atoms with Gasteiger partial charge in [0.05, 0.1) is 20.3 Å². The standard InChI is InChI=1S/C13H23NO4/c1-13(12(15)16-2,14-10-4-5-10)6-3-7-18-11-8-17-9-11/h10-11,14H,3-9H2,1-2H3. The van der Waals surface area contributed by atoms with Crippen LogP contribution in [0.1, 0.15) is 32.6 Å². The van der Waals surface area contributed by atoms with Gasteiger partial charge in [0.2, 0.25) is 0 Å². The van der Waals surface area contributed by atoms with Gasteiger partial charge in [-0.2, -0.15) is 0 Å². The molecule has 0 amide bonds. The number of carbonyl (C=O) groups excluding carboxylic acids is 1. The molecule has 1 heterocycles. The van der Waals surface area contributed by atoms with Crippen molar-refractivity contribution < 1.29 is 19.0 Å². The van der Waals surface area contributed by atoms with E-state index in [9.17, 15) is 4.79 Å². The average Bonchev–Trinajstić information content (AvgIpc) is 3.09. The molecule has 18 heavy (non-hydrogen) atoms. The molecular formula is C13H23NO4. The number of ether oxygens (including phenoxy) is 3. The molecule has 104 valence electrons. The highest BCUT2D eigenvalue weighted by molar-refractivity contribution is 5.80. The highest BCUT2D eigenvalue weighted by Gasteiger charge is 2.38. The fourth-order valence-electron chi connectivity index (χ4n) is 2.12. The second-order valence-corrected chi connectivity index (χ2v) is 5.38. The lowest BCUT2D eigenvalue weighted by Crippen LogP contribution is -2.51. The molecule has 1 saturated heterocycles. The Morgan fingerprint density at radius 1 is 1.44 bits per heavy atom. The Morgan fingerprint density at radius 2 is 2.17 bits per heavy atom. The number of carbonyl (C=O) groups is 1. The predicted molar refractivity (Wildman–Crippen MR) is 66.4 cm³/mol. The van der Waals surface area contributed by atoms with Crippen molar-refractivity contribution in [3.8, 4) is 0 Å². The lowest BCUT2D eigenvalue weighted by molar-refractivity contribution is -0.149. The summed E-state index contributed by atoms with van der Waals surface area (Å²) in [6, 6.07) is 0.482. The van der Waals surface area contributed by atoms with Crippen molar-refractivity contribution in [3.05, 3.63) is 0 Å². The van der Waals surface area contributed by atoms with Crippen molar-refractivity contribution in [2.45, 2.75) is 50.3 Å². The van der Waals surface area contributed by atoms with Gasteiger partial charge >= 0.3 is 5.97 Å². The summed E-state index contributed by atoms with van der Waals surface area (Å²) in [7, 11) is 1.44. The molecule has 0 aromatic heterocycles. The number of hydrogen-bond donors (Lipinski definition) is 1. The molecule has 0 bridgehead atoms. The Balaban J connectivity index is 1.71. The van der Waals surface area contributed by atoms with Gasteiger partial charge in [0.15, 0.2) is 0 Å². The Bertz CT molecular complexity index is 289. The molecule has 1 unspecified atom stereocenters. The summed E-state index contributed by atoms with van der Waals surface area (Å²) >= 11 is 0. The SMILES string of the molecule is COC(=O)C(C)(CCCOC1COC1)NC1CC1. The number of nitrogens with one attached hydrogen (secondary N) is 1. The predicted octanol–water partition coefficient (Wildman–Crippen LogP) is 0.866. The zero-order valence-corrected chi connectivity index (χ0v) is 11.2. The minimum absolute atomic E-state index is 0.179. The topological polar surface area (TPSA) is 56.8 Å². The summed E-state index contributed by atoms with van der Waals surface area (Å²) < 4.78 is 15.5. The molecule has 5 heteroatoms. The van der Waals surface area contributed by atoms with Gasteiger partial charge in [0.25, 0.3) is 0 Å². The van der Waals surface area contributed by atoms with E-state index in [1.807, 2.05) is 6.92 Å². The van der Waals surface area contributed by atoms with E-state index in [2.05, 4.69) is 5.32 Å². The maximum atomic E-state index is 11.8. The van der Waals surface area contributed by atoms with Gasteiger partial charge in [-0.05, 0) is 32.6 Å². The van der Waals surface area contributed by atoms with Crippen LogP contribution in [0.5, 0.6) is 0 Å². The molecule has 5 nitrogen and oxygen atoms in total.